The van der Waals surface area contributed by atoms with Crippen molar-refractivity contribution in [1.29, 1.82) is 0 Å². The maximum atomic E-state index is 4.05. The zero-order valence-electron chi connectivity index (χ0n) is 6.05. The number of halogens is 1. The molecule has 0 aliphatic carbocycles. The summed E-state index contributed by atoms with van der Waals surface area (Å²) in [7, 11) is 0. The largest absolute Gasteiger partial charge is 0.247 e. The fourth-order valence-electron chi connectivity index (χ4n) is 0.867. The van der Waals surface area contributed by atoms with Crippen molar-refractivity contribution in [2.24, 2.45) is 0 Å². The average molecular weight is 225 g/mol. The second kappa shape index (κ2) is 3.02. The van der Waals surface area contributed by atoms with Crippen molar-refractivity contribution in [3.8, 4) is 5.69 Å². The van der Waals surface area contributed by atoms with Crippen LogP contribution in [0.3, 0.4) is 0 Å². The van der Waals surface area contributed by atoms with E-state index in [1.165, 1.54) is 4.80 Å². The standard InChI is InChI=1S/C7H5BrN4/c8-7-6(2-1-3-9-7)12-10-4-5-11-12/h1-5H. The second-order valence-electron chi connectivity index (χ2n) is 2.13. The highest BCUT2D eigenvalue weighted by atomic mass is 79.9. The number of hydrogen-bond donors (Lipinski definition) is 0. The normalized spacial score (nSPS) is 10.1. The highest BCUT2D eigenvalue weighted by Gasteiger charge is 2.01. The molecule has 0 N–H and O–H groups in total. The third-order valence-corrected chi connectivity index (χ3v) is 1.98. The van der Waals surface area contributed by atoms with Crippen LogP contribution >= 0.6 is 15.9 Å². The molecule has 0 aliphatic rings. The van der Waals surface area contributed by atoms with Crippen LogP contribution in [0.15, 0.2) is 35.3 Å². The van der Waals surface area contributed by atoms with Gasteiger partial charge in [-0.1, -0.05) is 0 Å². The van der Waals surface area contributed by atoms with Crippen molar-refractivity contribution in [2.75, 3.05) is 0 Å². The van der Waals surface area contributed by atoms with Crippen LogP contribution in [0.25, 0.3) is 5.69 Å². The number of pyridine rings is 1. The molecule has 2 aromatic rings. The van der Waals surface area contributed by atoms with Crippen LogP contribution in [-0.2, 0) is 0 Å². The summed E-state index contributed by atoms with van der Waals surface area (Å²) in [6.45, 7) is 0. The lowest BCUT2D eigenvalue weighted by Crippen LogP contribution is -1.99. The first-order valence-corrected chi connectivity index (χ1v) is 4.14. The van der Waals surface area contributed by atoms with Crippen molar-refractivity contribution in [3.63, 3.8) is 0 Å². The Hall–Kier alpha value is -1.23. The van der Waals surface area contributed by atoms with Gasteiger partial charge < -0.3 is 0 Å². The summed E-state index contributed by atoms with van der Waals surface area (Å²) in [5.74, 6) is 0. The Balaban J connectivity index is 2.55. The quantitative estimate of drug-likeness (QED) is 0.689. The van der Waals surface area contributed by atoms with E-state index in [2.05, 4.69) is 31.1 Å². The van der Waals surface area contributed by atoms with Crippen LogP contribution in [0.4, 0.5) is 0 Å². The molecule has 0 fully saturated rings. The van der Waals surface area contributed by atoms with Gasteiger partial charge >= 0.3 is 0 Å². The lowest BCUT2D eigenvalue weighted by Gasteiger charge is -1.99. The van der Waals surface area contributed by atoms with E-state index >= 15 is 0 Å². The smallest absolute Gasteiger partial charge is 0.133 e. The maximum absolute atomic E-state index is 4.05. The molecule has 0 saturated heterocycles. The second-order valence-corrected chi connectivity index (χ2v) is 2.88. The first-order chi connectivity index (χ1) is 5.88. The van der Waals surface area contributed by atoms with Gasteiger partial charge in [-0.3, -0.25) is 0 Å². The molecule has 0 aliphatic heterocycles. The number of hydrogen-bond acceptors (Lipinski definition) is 3. The molecule has 0 saturated carbocycles. The summed E-state index contributed by atoms with van der Waals surface area (Å²) in [4.78, 5) is 5.56. The van der Waals surface area contributed by atoms with Crippen LogP contribution in [0.1, 0.15) is 0 Å². The minimum Gasteiger partial charge on any atom is -0.247 e. The molecule has 4 nitrogen and oxygen atoms in total. The van der Waals surface area contributed by atoms with Gasteiger partial charge in [0.05, 0.1) is 12.4 Å². The predicted octanol–water partition coefficient (Wildman–Crippen LogP) is 1.42. The fourth-order valence-corrected chi connectivity index (χ4v) is 1.28. The summed E-state index contributed by atoms with van der Waals surface area (Å²) in [5, 5.41) is 7.97. The Labute approximate surface area is 77.4 Å². The minimum atomic E-state index is 0.737. The van der Waals surface area contributed by atoms with Crippen LogP contribution in [0, 0.1) is 0 Å². The molecule has 12 heavy (non-hydrogen) atoms. The van der Waals surface area contributed by atoms with Gasteiger partial charge in [0.1, 0.15) is 10.3 Å². The molecule has 0 unspecified atom stereocenters. The molecule has 0 radical (unpaired) electrons. The van der Waals surface area contributed by atoms with Gasteiger partial charge in [-0.2, -0.15) is 10.2 Å². The molecule has 60 valence electrons. The molecule has 0 bridgehead atoms. The third-order valence-electron chi connectivity index (χ3n) is 1.37. The van der Waals surface area contributed by atoms with Crippen LogP contribution < -0.4 is 0 Å². The van der Waals surface area contributed by atoms with E-state index < -0.39 is 0 Å². The predicted molar refractivity (Wildman–Crippen MR) is 46.9 cm³/mol. The Kier molecular flexibility index (Phi) is 1.87. The van der Waals surface area contributed by atoms with Gasteiger partial charge in [-0.25, -0.2) is 4.98 Å². The summed E-state index contributed by atoms with van der Waals surface area (Å²) >= 11 is 3.31. The topological polar surface area (TPSA) is 43.6 Å². The summed E-state index contributed by atoms with van der Waals surface area (Å²) in [6, 6.07) is 3.72. The third kappa shape index (κ3) is 1.23. The first kappa shape index (κ1) is 7.42. The molecule has 0 amide bonds. The monoisotopic (exact) mass is 224 g/mol. The average Bonchev–Trinajstić information content (AvgIpc) is 2.57. The van der Waals surface area contributed by atoms with Crippen molar-refractivity contribution >= 4 is 15.9 Å². The minimum absolute atomic E-state index is 0.737. The van der Waals surface area contributed by atoms with Gasteiger partial charge in [0.2, 0.25) is 0 Å². The van der Waals surface area contributed by atoms with E-state index in [0.717, 1.165) is 10.3 Å². The zero-order valence-corrected chi connectivity index (χ0v) is 7.64. The van der Waals surface area contributed by atoms with Crippen LogP contribution in [0.2, 0.25) is 0 Å². The van der Waals surface area contributed by atoms with E-state index in [0.29, 0.717) is 0 Å². The van der Waals surface area contributed by atoms with E-state index in [-0.39, 0.29) is 0 Å². The highest BCUT2D eigenvalue weighted by molar-refractivity contribution is 9.10. The summed E-state index contributed by atoms with van der Waals surface area (Å²) in [5.41, 5.74) is 0.836. The van der Waals surface area contributed by atoms with E-state index in [9.17, 15) is 0 Å². The molecular formula is C7H5BrN4. The molecule has 5 heteroatoms. The molecule has 2 aromatic heterocycles. The zero-order chi connectivity index (χ0) is 8.39. The van der Waals surface area contributed by atoms with E-state index in [1.54, 1.807) is 18.6 Å². The summed E-state index contributed by atoms with van der Waals surface area (Å²) in [6.07, 6.45) is 4.95. The molecular weight excluding hydrogens is 220 g/mol. The van der Waals surface area contributed by atoms with Gasteiger partial charge in [0.15, 0.2) is 0 Å². The fraction of sp³-hybridized carbons (Fsp3) is 0. The lowest BCUT2D eigenvalue weighted by molar-refractivity contribution is 0.744. The molecule has 2 rings (SSSR count). The Morgan fingerprint density at radius 2 is 1.92 bits per heavy atom. The maximum Gasteiger partial charge on any atom is 0.133 e. The number of nitrogens with zero attached hydrogens (tertiary/aromatic N) is 4. The van der Waals surface area contributed by atoms with E-state index in [4.69, 9.17) is 0 Å². The van der Waals surface area contributed by atoms with Crippen molar-refractivity contribution < 1.29 is 0 Å². The SMILES string of the molecule is Brc1ncccc1-n1nccn1. The van der Waals surface area contributed by atoms with Gasteiger partial charge in [0, 0.05) is 6.20 Å². The van der Waals surface area contributed by atoms with Crippen LogP contribution in [-0.4, -0.2) is 20.0 Å². The van der Waals surface area contributed by atoms with Gasteiger partial charge in [-0.15, -0.1) is 4.80 Å². The number of rotatable bonds is 1. The summed E-state index contributed by atoms with van der Waals surface area (Å²) < 4.78 is 0.737. The molecule has 2 heterocycles. The Bertz CT molecular complexity index is 371. The van der Waals surface area contributed by atoms with Crippen molar-refractivity contribution in [1.82, 2.24) is 20.0 Å². The highest BCUT2D eigenvalue weighted by Crippen LogP contribution is 2.14. The van der Waals surface area contributed by atoms with Crippen molar-refractivity contribution in [2.45, 2.75) is 0 Å². The number of aromatic nitrogens is 4. The van der Waals surface area contributed by atoms with Gasteiger partial charge in [-0.05, 0) is 28.1 Å². The molecule has 0 aromatic carbocycles. The van der Waals surface area contributed by atoms with Gasteiger partial charge in [0.25, 0.3) is 0 Å². The molecule has 0 spiro atoms. The van der Waals surface area contributed by atoms with Crippen LogP contribution in [0.5, 0.6) is 0 Å². The van der Waals surface area contributed by atoms with Crippen molar-refractivity contribution in [3.05, 3.63) is 35.3 Å². The first-order valence-electron chi connectivity index (χ1n) is 3.35. The Morgan fingerprint density at radius 1 is 1.17 bits per heavy atom. The Morgan fingerprint density at radius 3 is 2.58 bits per heavy atom. The van der Waals surface area contributed by atoms with E-state index in [1.807, 2.05) is 12.1 Å². The molecule has 0 atom stereocenters. The lowest BCUT2D eigenvalue weighted by atomic mass is 10.4.